The van der Waals surface area contributed by atoms with Gasteiger partial charge in [0.25, 0.3) is 0 Å². The number of thioether (sulfide) groups is 1. The smallest absolute Gasteiger partial charge is 0.239 e. The number of nitrogens with zero attached hydrogens (tertiary/aromatic N) is 2. The number of rotatable bonds is 5. The van der Waals surface area contributed by atoms with Gasteiger partial charge >= 0.3 is 0 Å². The highest BCUT2D eigenvalue weighted by Crippen LogP contribution is 2.24. The number of ether oxygens (including phenoxy) is 1. The van der Waals surface area contributed by atoms with Gasteiger partial charge < -0.3 is 15.2 Å². The van der Waals surface area contributed by atoms with Gasteiger partial charge in [0.05, 0.1) is 18.6 Å². The third kappa shape index (κ3) is 4.60. The van der Waals surface area contributed by atoms with Gasteiger partial charge in [0.15, 0.2) is 5.17 Å². The first-order valence-electron chi connectivity index (χ1n) is 7.64. The molecule has 2 aromatic rings. The standard InChI is InChI=1S/C18H17N3O3S/c1-24-15-8-4-12(5-9-15)10-16-17(23)20-18(25-16)21-19-11-13-2-6-14(22)7-3-13/h2-9,11,16,22H,10H2,1H3,(H,20,21,23)/b19-11-/t16-/m0/s1. The summed E-state index contributed by atoms with van der Waals surface area (Å²) < 4.78 is 5.13. The number of hydrogen-bond donors (Lipinski definition) is 2. The molecule has 2 N–H and O–H groups in total. The highest BCUT2D eigenvalue weighted by atomic mass is 32.2. The van der Waals surface area contributed by atoms with E-state index >= 15 is 0 Å². The molecule has 0 aromatic heterocycles. The summed E-state index contributed by atoms with van der Waals surface area (Å²) in [6.07, 6.45) is 2.18. The van der Waals surface area contributed by atoms with Crippen LogP contribution >= 0.6 is 11.8 Å². The summed E-state index contributed by atoms with van der Waals surface area (Å²) in [5.41, 5.74) is 1.87. The molecule has 0 unspecified atom stereocenters. The molecule has 0 saturated carbocycles. The van der Waals surface area contributed by atoms with E-state index in [2.05, 4.69) is 15.5 Å². The molecule has 128 valence electrons. The van der Waals surface area contributed by atoms with E-state index in [1.54, 1.807) is 37.6 Å². The Morgan fingerprint density at radius 2 is 1.92 bits per heavy atom. The lowest BCUT2D eigenvalue weighted by atomic mass is 10.1. The Balaban J connectivity index is 1.60. The second kappa shape index (κ2) is 7.85. The van der Waals surface area contributed by atoms with Crippen LogP contribution in [0.3, 0.4) is 0 Å². The summed E-state index contributed by atoms with van der Waals surface area (Å²) in [7, 11) is 1.62. The molecule has 0 aliphatic carbocycles. The highest BCUT2D eigenvalue weighted by Gasteiger charge is 2.30. The molecule has 0 bridgehead atoms. The van der Waals surface area contributed by atoms with Gasteiger partial charge in [-0.3, -0.25) is 4.79 Å². The minimum Gasteiger partial charge on any atom is -0.508 e. The van der Waals surface area contributed by atoms with Gasteiger partial charge in [0, 0.05) is 0 Å². The van der Waals surface area contributed by atoms with Crippen molar-refractivity contribution < 1.29 is 14.6 Å². The van der Waals surface area contributed by atoms with E-state index in [1.807, 2.05) is 24.3 Å². The van der Waals surface area contributed by atoms with Crippen molar-refractivity contribution in [1.82, 2.24) is 5.32 Å². The third-order valence-electron chi connectivity index (χ3n) is 3.61. The van der Waals surface area contributed by atoms with Crippen molar-refractivity contribution in [3.8, 4) is 11.5 Å². The maximum Gasteiger partial charge on any atom is 0.239 e. The SMILES string of the molecule is COc1ccc(C[C@@H]2S/C(=N/N=C\c3ccc(O)cc3)NC2=O)cc1. The summed E-state index contributed by atoms with van der Waals surface area (Å²) in [5, 5.41) is 20.3. The van der Waals surface area contributed by atoms with E-state index in [-0.39, 0.29) is 16.9 Å². The van der Waals surface area contributed by atoms with Gasteiger partial charge in [-0.15, -0.1) is 5.10 Å². The first kappa shape index (κ1) is 17.0. The molecule has 2 aromatic carbocycles. The number of aromatic hydroxyl groups is 1. The number of nitrogens with one attached hydrogen (secondary N) is 1. The molecule has 1 fully saturated rings. The Hall–Kier alpha value is -2.80. The number of methoxy groups -OCH3 is 1. The number of phenols is 1. The zero-order chi connectivity index (χ0) is 17.6. The third-order valence-corrected chi connectivity index (χ3v) is 4.68. The molecule has 25 heavy (non-hydrogen) atoms. The van der Waals surface area contributed by atoms with Gasteiger partial charge in [-0.1, -0.05) is 23.9 Å². The van der Waals surface area contributed by atoms with Crippen LogP contribution in [0, 0.1) is 0 Å². The number of amidine groups is 1. The molecular formula is C18H17N3O3S. The average molecular weight is 355 g/mol. The summed E-state index contributed by atoms with van der Waals surface area (Å²) in [5.74, 6) is 0.918. The normalized spacial score (nSPS) is 18.7. The molecule has 1 aliphatic rings. The summed E-state index contributed by atoms with van der Waals surface area (Å²) in [4.78, 5) is 12.1. The largest absolute Gasteiger partial charge is 0.508 e. The molecule has 0 radical (unpaired) electrons. The Kier molecular flexibility index (Phi) is 5.35. The highest BCUT2D eigenvalue weighted by molar-refractivity contribution is 8.15. The van der Waals surface area contributed by atoms with Crippen LogP contribution in [0.25, 0.3) is 0 Å². The number of benzene rings is 2. The molecule has 1 saturated heterocycles. The van der Waals surface area contributed by atoms with Gasteiger partial charge in [0.2, 0.25) is 5.91 Å². The molecule has 0 spiro atoms. The molecule has 7 heteroatoms. The van der Waals surface area contributed by atoms with E-state index in [0.717, 1.165) is 16.9 Å². The predicted octanol–water partition coefficient (Wildman–Crippen LogP) is 2.57. The van der Waals surface area contributed by atoms with Crippen LogP contribution in [0.4, 0.5) is 0 Å². The van der Waals surface area contributed by atoms with Crippen molar-refractivity contribution >= 4 is 29.1 Å². The molecule has 1 atom stereocenters. The monoisotopic (exact) mass is 355 g/mol. The lowest BCUT2D eigenvalue weighted by Gasteiger charge is -2.06. The molecule has 3 rings (SSSR count). The van der Waals surface area contributed by atoms with Gasteiger partial charge in [-0.25, -0.2) is 0 Å². The average Bonchev–Trinajstić information content (AvgIpc) is 2.97. The minimum absolute atomic E-state index is 0.0700. The van der Waals surface area contributed by atoms with Crippen LogP contribution in [0.15, 0.2) is 58.7 Å². The zero-order valence-electron chi connectivity index (χ0n) is 13.5. The first-order chi connectivity index (χ1) is 12.1. The second-order valence-corrected chi connectivity index (χ2v) is 6.58. The first-order valence-corrected chi connectivity index (χ1v) is 8.52. The van der Waals surface area contributed by atoms with Gasteiger partial charge in [0.1, 0.15) is 11.5 Å². The Bertz CT molecular complexity index is 801. The Morgan fingerprint density at radius 1 is 1.20 bits per heavy atom. The van der Waals surface area contributed by atoms with Gasteiger partial charge in [-0.05, 0) is 53.9 Å². The molecule has 1 heterocycles. The van der Waals surface area contributed by atoms with Crippen molar-refractivity contribution in [2.45, 2.75) is 11.7 Å². The zero-order valence-corrected chi connectivity index (χ0v) is 14.4. The Labute approximate surface area is 149 Å². The van der Waals surface area contributed by atoms with Crippen LogP contribution in [-0.2, 0) is 11.2 Å². The van der Waals surface area contributed by atoms with Crippen molar-refractivity contribution in [1.29, 1.82) is 0 Å². The van der Waals surface area contributed by atoms with E-state index in [4.69, 9.17) is 4.74 Å². The van der Waals surface area contributed by atoms with Crippen molar-refractivity contribution in [2.75, 3.05) is 7.11 Å². The van der Waals surface area contributed by atoms with Crippen LogP contribution < -0.4 is 10.1 Å². The predicted molar refractivity (Wildman–Crippen MR) is 99.4 cm³/mol. The van der Waals surface area contributed by atoms with Gasteiger partial charge in [-0.2, -0.15) is 5.10 Å². The fraction of sp³-hybridized carbons (Fsp3) is 0.167. The van der Waals surface area contributed by atoms with Crippen LogP contribution in [0.2, 0.25) is 0 Å². The van der Waals surface area contributed by atoms with Crippen LogP contribution in [0.1, 0.15) is 11.1 Å². The molecular weight excluding hydrogens is 338 g/mol. The number of amides is 1. The van der Waals surface area contributed by atoms with E-state index in [0.29, 0.717) is 11.6 Å². The summed E-state index contributed by atoms with van der Waals surface area (Å²) in [6.45, 7) is 0. The molecule has 1 aliphatic heterocycles. The second-order valence-electron chi connectivity index (χ2n) is 5.39. The topological polar surface area (TPSA) is 83.3 Å². The van der Waals surface area contributed by atoms with Crippen LogP contribution in [0.5, 0.6) is 11.5 Å². The molecule has 6 nitrogen and oxygen atoms in total. The summed E-state index contributed by atoms with van der Waals surface area (Å²) in [6, 6.07) is 14.3. The van der Waals surface area contributed by atoms with Crippen LogP contribution in [-0.4, -0.2) is 34.8 Å². The minimum atomic E-state index is -0.226. The fourth-order valence-corrected chi connectivity index (χ4v) is 3.24. The quantitative estimate of drug-likeness (QED) is 0.638. The number of hydrogen-bond acceptors (Lipinski definition) is 6. The number of carbonyl (C=O) groups is 1. The van der Waals surface area contributed by atoms with E-state index in [9.17, 15) is 9.90 Å². The summed E-state index contributed by atoms with van der Waals surface area (Å²) >= 11 is 1.37. The maximum absolute atomic E-state index is 12.1. The Morgan fingerprint density at radius 3 is 2.60 bits per heavy atom. The fourth-order valence-electron chi connectivity index (χ4n) is 2.27. The van der Waals surface area contributed by atoms with Crippen molar-refractivity contribution in [3.63, 3.8) is 0 Å². The lowest BCUT2D eigenvalue weighted by molar-refractivity contribution is -0.118. The number of carbonyl (C=O) groups excluding carboxylic acids is 1. The van der Waals surface area contributed by atoms with E-state index in [1.165, 1.54) is 11.8 Å². The van der Waals surface area contributed by atoms with Crippen molar-refractivity contribution in [2.24, 2.45) is 10.2 Å². The number of phenolic OH excluding ortho intramolecular Hbond substituents is 1. The van der Waals surface area contributed by atoms with E-state index < -0.39 is 0 Å². The molecule has 1 amide bonds. The van der Waals surface area contributed by atoms with Crippen molar-refractivity contribution in [3.05, 3.63) is 59.7 Å². The lowest BCUT2D eigenvalue weighted by Crippen LogP contribution is -2.25. The maximum atomic E-state index is 12.1.